The molecule has 0 saturated carbocycles. The van der Waals surface area contributed by atoms with Crippen molar-refractivity contribution in [2.75, 3.05) is 19.9 Å². The lowest BCUT2D eigenvalue weighted by Gasteiger charge is -2.18. The molecule has 0 radical (unpaired) electrons. The van der Waals surface area contributed by atoms with Crippen molar-refractivity contribution >= 4 is 11.8 Å². The standard InChI is InChI=1S/C13H21NOS/c1-10(2)16-9-13(14-3)11-6-5-7-12(8-11)15-4/h5-8,10,13-14H,9H2,1-4H3. The molecule has 0 spiro atoms. The van der Waals surface area contributed by atoms with Gasteiger partial charge in [0.15, 0.2) is 0 Å². The van der Waals surface area contributed by atoms with Crippen molar-refractivity contribution in [2.45, 2.75) is 25.1 Å². The highest BCUT2D eigenvalue weighted by Crippen LogP contribution is 2.23. The smallest absolute Gasteiger partial charge is 0.119 e. The molecule has 90 valence electrons. The molecule has 1 aromatic carbocycles. The minimum Gasteiger partial charge on any atom is -0.497 e. The molecule has 1 atom stereocenters. The maximum atomic E-state index is 5.24. The number of rotatable bonds is 6. The molecule has 1 unspecified atom stereocenters. The second-order valence-corrected chi connectivity index (χ2v) is 5.61. The van der Waals surface area contributed by atoms with Gasteiger partial charge in [-0.15, -0.1) is 0 Å². The van der Waals surface area contributed by atoms with E-state index in [0.29, 0.717) is 11.3 Å². The first-order valence-corrected chi connectivity index (χ1v) is 6.65. The van der Waals surface area contributed by atoms with Crippen LogP contribution in [0.2, 0.25) is 0 Å². The predicted molar refractivity (Wildman–Crippen MR) is 72.4 cm³/mol. The van der Waals surface area contributed by atoms with Gasteiger partial charge in [-0.25, -0.2) is 0 Å². The monoisotopic (exact) mass is 239 g/mol. The van der Waals surface area contributed by atoms with Crippen LogP contribution in [-0.2, 0) is 0 Å². The summed E-state index contributed by atoms with van der Waals surface area (Å²) in [5.74, 6) is 2.01. The fourth-order valence-corrected chi connectivity index (χ4v) is 2.43. The molecule has 1 N–H and O–H groups in total. The molecule has 0 fully saturated rings. The highest BCUT2D eigenvalue weighted by molar-refractivity contribution is 7.99. The number of thioether (sulfide) groups is 1. The Labute approximate surface area is 103 Å². The summed E-state index contributed by atoms with van der Waals surface area (Å²) in [6.45, 7) is 4.45. The van der Waals surface area contributed by atoms with E-state index in [4.69, 9.17) is 4.74 Å². The molecule has 0 saturated heterocycles. The average molecular weight is 239 g/mol. The Morgan fingerprint density at radius 2 is 2.12 bits per heavy atom. The normalized spacial score (nSPS) is 12.8. The third-order valence-electron chi connectivity index (χ3n) is 2.44. The molecule has 1 aromatic rings. The first kappa shape index (κ1) is 13.4. The molecule has 0 aromatic heterocycles. The second kappa shape index (κ2) is 6.81. The van der Waals surface area contributed by atoms with Crippen molar-refractivity contribution in [3.8, 4) is 5.75 Å². The molecule has 0 heterocycles. The topological polar surface area (TPSA) is 21.3 Å². The zero-order valence-corrected chi connectivity index (χ0v) is 11.3. The van der Waals surface area contributed by atoms with Gasteiger partial charge in [0.05, 0.1) is 7.11 Å². The van der Waals surface area contributed by atoms with Gasteiger partial charge >= 0.3 is 0 Å². The number of methoxy groups -OCH3 is 1. The van der Waals surface area contributed by atoms with Crippen LogP contribution in [0.3, 0.4) is 0 Å². The average Bonchev–Trinajstić information content (AvgIpc) is 2.30. The second-order valence-electron chi connectivity index (χ2n) is 4.00. The number of nitrogens with one attached hydrogen (secondary N) is 1. The Hall–Kier alpha value is -0.670. The van der Waals surface area contributed by atoms with E-state index in [9.17, 15) is 0 Å². The molecule has 0 amide bonds. The molecule has 1 rings (SSSR count). The zero-order chi connectivity index (χ0) is 12.0. The van der Waals surface area contributed by atoms with Crippen LogP contribution in [0.5, 0.6) is 5.75 Å². The highest BCUT2D eigenvalue weighted by atomic mass is 32.2. The van der Waals surface area contributed by atoms with Crippen molar-refractivity contribution < 1.29 is 4.74 Å². The van der Waals surface area contributed by atoms with E-state index in [-0.39, 0.29) is 0 Å². The maximum absolute atomic E-state index is 5.24. The third kappa shape index (κ3) is 4.06. The van der Waals surface area contributed by atoms with Crippen molar-refractivity contribution in [1.29, 1.82) is 0 Å². The summed E-state index contributed by atoms with van der Waals surface area (Å²) >= 11 is 1.97. The van der Waals surface area contributed by atoms with E-state index in [1.54, 1.807) is 7.11 Å². The van der Waals surface area contributed by atoms with E-state index in [1.807, 2.05) is 30.9 Å². The van der Waals surface area contributed by atoms with Gasteiger partial charge in [0.2, 0.25) is 0 Å². The molecule has 0 aliphatic rings. The first-order valence-electron chi connectivity index (χ1n) is 5.60. The largest absolute Gasteiger partial charge is 0.497 e. The zero-order valence-electron chi connectivity index (χ0n) is 10.5. The van der Waals surface area contributed by atoms with Crippen LogP contribution in [0.1, 0.15) is 25.5 Å². The molecule has 0 aliphatic heterocycles. The summed E-state index contributed by atoms with van der Waals surface area (Å²) < 4.78 is 5.24. The van der Waals surface area contributed by atoms with E-state index < -0.39 is 0 Å². The summed E-state index contributed by atoms with van der Waals surface area (Å²) in [4.78, 5) is 0. The van der Waals surface area contributed by atoms with Gasteiger partial charge < -0.3 is 10.1 Å². The third-order valence-corrected chi connectivity index (χ3v) is 3.63. The van der Waals surface area contributed by atoms with Crippen molar-refractivity contribution in [2.24, 2.45) is 0 Å². The molecular formula is C13H21NOS. The van der Waals surface area contributed by atoms with Crippen LogP contribution in [0.15, 0.2) is 24.3 Å². The Balaban J connectivity index is 2.70. The Bertz CT molecular complexity index is 315. The number of ether oxygens (including phenoxy) is 1. The quantitative estimate of drug-likeness (QED) is 0.824. The van der Waals surface area contributed by atoms with Crippen LogP contribution in [-0.4, -0.2) is 25.2 Å². The SMILES string of the molecule is CNC(CSC(C)C)c1cccc(OC)c1. The maximum Gasteiger partial charge on any atom is 0.119 e. The van der Waals surface area contributed by atoms with E-state index in [0.717, 1.165) is 11.5 Å². The summed E-state index contributed by atoms with van der Waals surface area (Å²) in [6, 6.07) is 8.65. The summed E-state index contributed by atoms with van der Waals surface area (Å²) in [6.07, 6.45) is 0. The molecule has 0 aliphatic carbocycles. The molecule has 0 bridgehead atoms. The van der Waals surface area contributed by atoms with E-state index in [2.05, 4.69) is 31.3 Å². The van der Waals surface area contributed by atoms with Crippen LogP contribution in [0.25, 0.3) is 0 Å². The van der Waals surface area contributed by atoms with Crippen molar-refractivity contribution in [3.63, 3.8) is 0 Å². The fraction of sp³-hybridized carbons (Fsp3) is 0.538. The molecule has 2 nitrogen and oxygen atoms in total. The summed E-state index contributed by atoms with van der Waals surface area (Å²) in [5, 5.41) is 4.02. The highest BCUT2D eigenvalue weighted by Gasteiger charge is 2.10. The van der Waals surface area contributed by atoms with Gasteiger partial charge in [0, 0.05) is 11.8 Å². The van der Waals surface area contributed by atoms with Gasteiger partial charge in [0.1, 0.15) is 5.75 Å². The lowest BCUT2D eigenvalue weighted by Crippen LogP contribution is -2.19. The number of benzene rings is 1. The molecule has 3 heteroatoms. The van der Waals surface area contributed by atoms with E-state index >= 15 is 0 Å². The van der Waals surface area contributed by atoms with Crippen LogP contribution >= 0.6 is 11.8 Å². The van der Waals surface area contributed by atoms with Crippen molar-refractivity contribution in [1.82, 2.24) is 5.32 Å². The Morgan fingerprint density at radius 3 is 2.69 bits per heavy atom. The van der Waals surface area contributed by atoms with Gasteiger partial charge in [-0.1, -0.05) is 26.0 Å². The Kier molecular flexibility index (Phi) is 5.71. The minimum atomic E-state index is 0.391. The van der Waals surface area contributed by atoms with Crippen LogP contribution < -0.4 is 10.1 Å². The van der Waals surface area contributed by atoms with Gasteiger partial charge in [-0.3, -0.25) is 0 Å². The summed E-state index contributed by atoms with van der Waals surface area (Å²) in [5.41, 5.74) is 1.29. The minimum absolute atomic E-state index is 0.391. The van der Waals surface area contributed by atoms with Gasteiger partial charge in [-0.05, 0) is 30.0 Å². The lowest BCUT2D eigenvalue weighted by molar-refractivity contribution is 0.413. The van der Waals surface area contributed by atoms with E-state index in [1.165, 1.54) is 5.56 Å². The lowest BCUT2D eigenvalue weighted by atomic mass is 10.1. The van der Waals surface area contributed by atoms with Crippen LogP contribution in [0, 0.1) is 0 Å². The van der Waals surface area contributed by atoms with Gasteiger partial charge in [0.25, 0.3) is 0 Å². The number of hydrogen-bond acceptors (Lipinski definition) is 3. The van der Waals surface area contributed by atoms with Crippen LogP contribution in [0.4, 0.5) is 0 Å². The van der Waals surface area contributed by atoms with Crippen molar-refractivity contribution in [3.05, 3.63) is 29.8 Å². The van der Waals surface area contributed by atoms with Gasteiger partial charge in [-0.2, -0.15) is 11.8 Å². The molecule has 16 heavy (non-hydrogen) atoms. The first-order chi connectivity index (χ1) is 7.67. The predicted octanol–water partition coefficient (Wildman–Crippen LogP) is 3.10. The summed E-state index contributed by atoms with van der Waals surface area (Å²) in [7, 11) is 3.71. The molecular weight excluding hydrogens is 218 g/mol. The Morgan fingerprint density at radius 1 is 1.38 bits per heavy atom. The number of hydrogen-bond donors (Lipinski definition) is 1. The fourth-order valence-electron chi connectivity index (χ4n) is 1.49.